The van der Waals surface area contributed by atoms with Gasteiger partial charge in [-0.1, -0.05) is 17.7 Å². The van der Waals surface area contributed by atoms with Crippen molar-refractivity contribution in [2.45, 2.75) is 31.8 Å². The number of nitrogens with zero attached hydrogens (tertiary/aromatic N) is 3. The number of aromatic nitrogens is 3. The molecule has 0 aliphatic heterocycles. The van der Waals surface area contributed by atoms with Crippen LogP contribution < -0.4 is 4.72 Å². The molecule has 1 heterocycles. The number of rotatable bonds is 5. The maximum absolute atomic E-state index is 12.2. The Morgan fingerprint density at radius 2 is 2.15 bits per heavy atom. The monoisotopic (exact) mass is 314 g/mol. The molecule has 8 heteroatoms. The Balaban J connectivity index is 2.19. The lowest BCUT2D eigenvalue weighted by Crippen LogP contribution is -2.25. The highest BCUT2D eigenvalue weighted by Crippen LogP contribution is 2.22. The van der Waals surface area contributed by atoms with E-state index >= 15 is 0 Å². The summed E-state index contributed by atoms with van der Waals surface area (Å²) < 4.78 is 28.7. The second-order valence-electron chi connectivity index (χ2n) is 4.29. The third-order valence-electron chi connectivity index (χ3n) is 2.83. The van der Waals surface area contributed by atoms with Gasteiger partial charge in [0.25, 0.3) is 0 Å². The number of halogens is 1. The van der Waals surface area contributed by atoms with Gasteiger partial charge < -0.3 is 4.57 Å². The Kier molecular flexibility index (Phi) is 4.42. The maximum atomic E-state index is 12.2. The fourth-order valence-corrected chi connectivity index (χ4v) is 3.32. The first-order valence-electron chi connectivity index (χ1n) is 6.06. The number of aryl methyl sites for hydroxylation is 2. The van der Waals surface area contributed by atoms with Gasteiger partial charge in [0.05, 0.1) is 11.6 Å². The Hall–Kier alpha value is -1.44. The summed E-state index contributed by atoms with van der Waals surface area (Å²) in [6.45, 7) is 4.52. The molecule has 6 nitrogen and oxygen atoms in total. The van der Waals surface area contributed by atoms with Crippen LogP contribution in [0.2, 0.25) is 5.02 Å². The van der Waals surface area contributed by atoms with Crippen molar-refractivity contribution in [1.82, 2.24) is 19.5 Å². The molecule has 0 saturated heterocycles. The Morgan fingerprint density at radius 1 is 1.40 bits per heavy atom. The minimum Gasteiger partial charge on any atom is -0.317 e. The zero-order chi connectivity index (χ0) is 14.8. The van der Waals surface area contributed by atoms with E-state index in [9.17, 15) is 8.42 Å². The minimum absolute atomic E-state index is 0.0623. The molecule has 0 aliphatic carbocycles. The quantitative estimate of drug-likeness (QED) is 0.912. The van der Waals surface area contributed by atoms with Crippen molar-refractivity contribution >= 4 is 21.6 Å². The molecule has 0 aliphatic rings. The topological polar surface area (TPSA) is 76.9 Å². The molecular formula is C12H15ClN4O2S. The van der Waals surface area contributed by atoms with Crippen LogP contribution in [0.5, 0.6) is 0 Å². The van der Waals surface area contributed by atoms with E-state index in [-0.39, 0.29) is 16.5 Å². The van der Waals surface area contributed by atoms with Gasteiger partial charge in [-0.15, -0.1) is 10.2 Å². The fraction of sp³-hybridized carbons (Fsp3) is 0.333. The molecule has 20 heavy (non-hydrogen) atoms. The van der Waals surface area contributed by atoms with Gasteiger partial charge in [-0.25, -0.2) is 13.1 Å². The van der Waals surface area contributed by atoms with Gasteiger partial charge in [-0.2, -0.15) is 0 Å². The molecule has 0 atom stereocenters. The van der Waals surface area contributed by atoms with Gasteiger partial charge in [-0.3, -0.25) is 0 Å². The van der Waals surface area contributed by atoms with Crippen molar-refractivity contribution in [2.75, 3.05) is 0 Å². The van der Waals surface area contributed by atoms with Crippen LogP contribution in [0.4, 0.5) is 0 Å². The molecule has 0 fully saturated rings. The second kappa shape index (κ2) is 5.90. The minimum atomic E-state index is -3.67. The summed E-state index contributed by atoms with van der Waals surface area (Å²) in [5, 5.41) is 7.82. The van der Waals surface area contributed by atoms with E-state index in [2.05, 4.69) is 14.9 Å². The summed E-state index contributed by atoms with van der Waals surface area (Å²) >= 11 is 5.98. The highest BCUT2D eigenvalue weighted by atomic mass is 35.5. The average Bonchev–Trinajstić information content (AvgIpc) is 2.83. The third kappa shape index (κ3) is 3.17. The molecular weight excluding hydrogens is 300 g/mol. The van der Waals surface area contributed by atoms with Crippen LogP contribution in [-0.4, -0.2) is 23.2 Å². The summed E-state index contributed by atoms with van der Waals surface area (Å²) in [5.41, 5.74) is 0.902. The Bertz CT molecular complexity index is 712. The molecule has 0 bridgehead atoms. The predicted octanol–water partition coefficient (Wildman–Crippen LogP) is 1.74. The Morgan fingerprint density at radius 3 is 2.80 bits per heavy atom. The molecule has 1 aromatic carbocycles. The summed E-state index contributed by atoms with van der Waals surface area (Å²) in [6, 6.07) is 4.81. The Labute approximate surface area is 122 Å². The normalized spacial score (nSPS) is 11.8. The molecule has 2 aromatic rings. The molecule has 0 amide bonds. The van der Waals surface area contributed by atoms with E-state index in [0.29, 0.717) is 12.4 Å². The van der Waals surface area contributed by atoms with Crippen LogP contribution in [0.15, 0.2) is 29.4 Å². The summed E-state index contributed by atoms with van der Waals surface area (Å²) in [7, 11) is -3.67. The van der Waals surface area contributed by atoms with Crippen LogP contribution in [0.3, 0.4) is 0 Å². The van der Waals surface area contributed by atoms with Crippen LogP contribution in [0.25, 0.3) is 0 Å². The number of sulfonamides is 1. The molecule has 1 aromatic heterocycles. The van der Waals surface area contributed by atoms with Crippen LogP contribution in [0, 0.1) is 6.92 Å². The van der Waals surface area contributed by atoms with Crippen molar-refractivity contribution in [2.24, 2.45) is 0 Å². The van der Waals surface area contributed by atoms with Crippen molar-refractivity contribution in [3.05, 3.63) is 40.9 Å². The highest BCUT2D eigenvalue weighted by molar-refractivity contribution is 7.89. The van der Waals surface area contributed by atoms with Gasteiger partial charge >= 0.3 is 0 Å². The van der Waals surface area contributed by atoms with E-state index in [1.54, 1.807) is 23.0 Å². The first-order valence-corrected chi connectivity index (χ1v) is 7.92. The fourth-order valence-electron chi connectivity index (χ4n) is 1.74. The lowest BCUT2D eigenvalue weighted by molar-refractivity contribution is 0.575. The van der Waals surface area contributed by atoms with Crippen molar-refractivity contribution < 1.29 is 8.42 Å². The standard InChI is InChI=1S/C12H15ClN4O2S/c1-3-17-8-14-16-12(17)7-15-20(18,19)11-5-4-9(2)6-10(11)13/h4-6,8,15H,3,7H2,1-2H3. The van der Waals surface area contributed by atoms with Gasteiger partial charge in [0.2, 0.25) is 10.0 Å². The summed E-state index contributed by atoms with van der Waals surface area (Å²) in [6.07, 6.45) is 1.56. The number of benzene rings is 1. The van der Waals surface area contributed by atoms with Gasteiger partial charge in [-0.05, 0) is 31.5 Å². The lowest BCUT2D eigenvalue weighted by atomic mass is 10.2. The van der Waals surface area contributed by atoms with Crippen LogP contribution >= 0.6 is 11.6 Å². The number of hydrogen-bond acceptors (Lipinski definition) is 4. The molecule has 1 N–H and O–H groups in total. The van der Waals surface area contributed by atoms with Crippen molar-refractivity contribution in [1.29, 1.82) is 0 Å². The predicted molar refractivity (Wildman–Crippen MR) is 75.9 cm³/mol. The zero-order valence-corrected chi connectivity index (χ0v) is 12.7. The maximum Gasteiger partial charge on any atom is 0.242 e. The number of nitrogens with one attached hydrogen (secondary N) is 1. The van der Waals surface area contributed by atoms with Gasteiger partial charge in [0.1, 0.15) is 17.0 Å². The molecule has 2 rings (SSSR count). The molecule has 0 spiro atoms. The molecule has 108 valence electrons. The zero-order valence-electron chi connectivity index (χ0n) is 11.2. The van der Waals surface area contributed by atoms with Crippen LogP contribution in [-0.2, 0) is 23.1 Å². The lowest BCUT2D eigenvalue weighted by Gasteiger charge is -2.09. The highest BCUT2D eigenvalue weighted by Gasteiger charge is 2.18. The van der Waals surface area contributed by atoms with E-state index in [1.165, 1.54) is 6.07 Å². The first kappa shape index (κ1) is 15.0. The largest absolute Gasteiger partial charge is 0.317 e. The van der Waals surface area contributed by atoms with Gasteiger partial charge in [0, 0.05) is 6.54 Å². The first-order chi connectivity index (χ1) is 9.44. The van der Waals surface area contributed by atoms with Crippen molar-refractivity contribution in [3.8, 4) is 0 Å². The van der Waals surface area contributed by atoms with E-state index < -0.39 is 10.0 Å². The van der Waals surface area contributed by atoms with E-state index in [0.717, 1.165) is 5.56 Å². The third-order valence-corrected chi connectivity index (χ3v) is 4.72. The number of hydrogen-bond donors (Lipinski definition) is 1. The average molecular weight is 315 g/mol. The van der Waals surface area contributed by atoms with E-state index in [1.807, 2.05) is 13.8 Å². The summed E-state index contributed by atoms with van der Waals surface area (Å²) in [5.74, 6) is 0.555. The molecule has 0 unspecified atom stereocenters. The SMILES string of the molecule is CCn1cnnc1CNS(=O)(=O)c1ccc(C)cc1Cl. The van der Waals surface area contributed by atoms with Gasteiger partial charge in [0.15, 0.2) is 0 Å². The summed E-state index contributed by atoms with van der Waals surface area (Å²) in [4.78, 5) is 0.0623. The smallest absolute Gasteiger partial charge is 0.242 e. The second-order valence-corrected chi connectivity index (χ2v) is 6.43. The molecule has 0 radical (unpaired) electrons. The van der Waals surface area contributed by atoms with Crippen LogP contribution in [0.1, 0.15) is 18.3 Å². The molecule has 0 saturated carbocycles. The van der Waals surface area contributed by atoms with E-state index in [4.69, 9.17) is 11.6 Å². The van der Waals surface area contributed by atoms with Crippen molar-refractivity contribution in [3.63, 3.8) is 0 Å².